The number of para-hydroxylation sites is 1. The lowest BCUT2D eigenvalue weighted by atomic mass is 10.1. The summed E-state index contributed by atoms with van der Waals surface area (Å²) in [5.74, 6) is -0.558. The maximum absolute atomic E-state index is 11.9. The lowest BCUT2D eigenvalue weighted by Crippen LogP contribution is -2.32. The number of carbonyl (C=O) groups excluding carboxylic acids is 2. The van der Waals surface area contributed by atoms with Crippen LogP contribution in [0.25, 0.3) is 0 Å². The molecule has 110 valence electrons. The van der Waals surface area contributed by atoms with Crippen molar-refractivity contribution in [2.24, 2.45) is 0 Å². The molecule has 4 nitrogen and oxygen atoms in total. The average molecular weight is 323 g/mol. The molecular weight excluding hydrogens is 308 g/mol. The predicted molar refractivity (Wildman–Crippen MR) is 86.1 cm³/mol. The van der Waals surface area contributed by atoms with E-state index in [1.807, 2.05) is 31.2 Å². The zero-order chi connectivity index (χ0) is 15.2. The summed E-state index contributed by atoms with van der Waals surface area (Å²) in [5.41, 5.74) is 1.83. The zero-order valence-corrected chi connectivity index (χ0v) is 13.1. The Bertz CT molecular complexity index is 655. The van der Waals surface area contributed by atoms with Crippen molar-refractivity contribution >= 4 is 40.4 Å². The van der Waals surface area contributed by atoms with Crippen molar-refractivity contribution in [1.82, 2.24) is 5.32 Å². The molecule has 0 aliphatic rings. The number of benzene rings is 1. The van der Waals surface area contributed by atoms with Crippen LogP contribution in [-0.2, 0) is 11.2 Å². The van der Waals surface area contributed by atoms with Gasteiger partial charge in [-0.3, -0.25) is 9.59 Å². The predicted octanol–water partition coefficient (Wildman–Crippen LogP) is 3.33. The van der Waals surface area contributed by atoms with E-state index >= 15 is 0 Å². The van der Waals surface area contributed by atoms with Gasteiger partial charge in [0.1, 0.15) is 0 Å². The highest BCUT2D eigenvalue weighted by Crippen LogP contribution is 2.21. The molecule has 2 amide bonds. The Kier molecular flexibility index (Phi) is 5.36. The summed E-state index contributed by atoms with van der Waals surface area (Å²) in [6.07, 6.45) is 0.830. The Balaban J connectivity index is 1.89. The molecule has 21 heavy (non-hydrogen) atoms. The third-order valence-corrected chi connectivity index (χ3v) is 4.11. The third-order valence-electron chi connectivity index (χ3n) is 2.88. The second kappa shape index (κ2) is 7.24. The van der Waals surface area contributed by atoms with Gasteiger partial charge in [-0.1, -0.05) is 36.7 Å². The van der Waals surface area contributed by atoms with E-state index in [1.165, 1.54) is 11.3 Å². The first-order chi connectivity index (χ1) is 10.1. The summed E-state index contributed by atoms with van der Waals surface area (Å²) in [4.78, 5) is 24.2. The Morgan fingerprint density at radius 1 is 1.19 bits per heavy atom. The Morgan fingerprint density at radius 3 is 2.62 bits per heavy atom. The number of aryl methyl sites for hydroxylation is 1. The van der Waals surface area contributed by atoms with E-state index in [4.69, 9.17) is 11.6 Å². The Labute approximate surface area is 132 Å². The quantitative estimate of drug-likeness (QED) is 0.887. The number of hydrogen-bond acceptors (Lipinski definition) is 3. The van der Waals surface area contributed by atoms with E-state index in [9.17, 15) is 9.59 Å². The first kappa shape index (κ1) is 15.5. The molecule has 0 saturated heterocycles. The molecule has 2 aromatic rings. The fourth-order valence-corrected chi connectivity index (χ4v) is 2.79. The maximum Gasteiger partial charge on any atom is 0.261 e. The molecule has 0 fully saturated rings. The van der Waals surface area contributed by atoms with Gasteiger partial charge in [-0.25, -0.2) is 0 Å². The molecular formula is C15H15ClN2O2S. The van der Waals surface area contributed by atoms with Crippen molar-refractivity contribution < 1.29 is 9.59 Å². The summed E-state index contributed by atoms with van der Waals surface area (Å²) in [6, 6.07) is 10.9. The van der Waals surface area contributed by atoms with Crippen molar-refractivity contribution in [1.29, 1.82) is 0 Å². The number of anilines is 1. The number of hydrogen-bond donors (Lipinski definition) is 2. The lowest BCUT2D eigenvalue weighted by Gasteiger charge is -2.10. The van der Waals surface area contributed by atoms with Gasteiger partial charge in [0, 0.05) is 5.69 Å². The van der Waals surface area contributed by atoms with E-state index in [0.29, 0.717) is 9.21 Å². The highest BCUT2D eigenvalue weighted by molar-refractivity contribution is 7.18. The van der Waals surface area contributed by atoms with Gasteiger partial charge < -0.3 is 10.6 Å². The lowest BCUT2D eigenvalue weighted by molar-refractivity contribution is -0.115. The number of halogens is 1. The summed E-state index contributed by atoms with van der Waals surface area (Å²) in [6.45, 7) is 1.94. The van der Waals surface area contributed by atoms with Crippen molar-refractivity contribution in [2.45, 2.75) is 13.3 Å². The van der Waals surface area contributed by atoms with E-state index in [2.05, 4.69) is 10.6 Å². The van der Waals surface area contributed by atoms with Crippen molar-refractivity contribution in [3.63, 3.8) is 0 Å². The van der Waals surface area contributed by atoms with E-state index < -0.39 is 0 Å². The number of nitrogens with one attached hydrogen (secondary N) is 2. The summed E-state index contributed by atoms with van der Waals surface area (Å²) in [5, 5.41) is 5.37. The van der Waals surface area contributed by atoms with Crippen LogP contribution in [-0.4, -0.2) is 18.4 Å². The van der Waals surface area contributed by atoms with Crippen LogP contribution >= 0.6 is 22.9 Å². The molecule has 1 aromatic heterocycles. The van der Waals surface area contributed by atoms with Crippen molar-refractivity contribution in [3.8, 4) is 0 Å². The SMILES string of the molecule is CCc1ccccc1NC(=O)CNC(=O)c1ccc(Cl)s1. The summed E-state index contributed by atoms with van der Waals surface area (Å²) in [7, 11) is 0. The molecule has 1 heterocycles. The maximum atomic E-state index is 11.9. The Hall–Kier alpha value is -1.85. The van der Waals surface area contributed by atoms with Crippen molar-refractivity contribution in [3.05, 3.63) is 51.2 Å². The molecule has 0 aliphatic heterocycles. The van der Waals surface area contributed by atoms with Crippen LogP contribution in [0.5, 0.6) is 0 Å². The molecule has 0 unspecified atom stereocenters. The molecule has 1 aromatic carbocycles. The Morgan fingerprint density at radius 2 is 1.95 bits per heavy atom. The second-order valence-electron chi connectivity index (χ2n) is 4.35. The van der Waals surface area contributed by atoms with E-state index in [1.54, 1.807) is 12.1 Å². The minimum absolute atomic E-state index is 0.0770. The van der Waals surface area contributed by atoms with Crippen LogP contribution < -0.4 is 10.6 Å². The highest BCUT2D eigenvalue weighted by atomic mass is 35.5. The fourth-order valence-electron chi connectivity index (χ4n) is 1.83. The van der Waals surface area contributed by atoms with Crippen LogP contribution in [0.3, 0.4) is 0 Å². The van der Waals surface area contributed by atoms with Gasteiger partial charge in [-0.15, -0.1) is 11.3 Å². The average Bonchev–Trinajstić information content (AvgIpc) is 2.92. The van der Waals surface area contributed by atoms with Crippen LogP contribution in [0.4, 0.5) is 5.69 Å². The van der Waals surface area contributed by atoms with Crippen LogP contribution in [0.2, 0.25) is 4.34 Å². The molecule has 0 aliphatic carbocycles. The number of rotatable bonds is 5. The van der Waals surface area contributed by atoms with E-state index in [-0.39, 0.29) is 18.4 Å². The monoisotopic (exact) mass is 322 g/mol. The van der Waals surface area contributed by atoms with Gasteiger partial charge in [0.05, 0.1) is 15.8 Å². The number of thiophene rings is 1. The normalized spacial score (nSPS) is 10.2. The first-order valence-electron chi connectivity index (χ1n) is 6.51. The van der Waals surface area contributed by atoms with Gasteiger partial charge in [0.25, 0.3) is 5.91 Å². The highest BCUT2D eigenvalue weighted by Gasteiger charge is 2.11. The molecule has 0 radical (unpaired) electrons. The largest absolute Gasteiger partial charge is 0.342 e. The minimum Gasteiger partial charge on any atom is -0.342 e. The van der Waals surface area contributed by atoms with Gasteiger partial charge >= 0.3 is 0 Å². The molecule has 0 saturated carbocycles. The number of carbonyl (C=O) groups is 2. The zero-order valence-electron chi connectivity index (χ0n) is 11.5. The minimum atomic E-state index is -0.300. The summed E-state index contributed by atoms with van der Waals surface area (Å²) >= 11 is 6.95. The van der Waals surface area contributed by atoms with Gasteiger partial charge in [0.2, 0.25) is 5.91 Å². The molecule has 2 N–H and O–H groups in total. The van der Waals surface area contributed by atoms with Crippen LogP contribution in [0.1, 0.15) is 22.2 Å². The molecule has 6 heteroatoms. The molecule has 0 bridgehead atoms. The third kappa shape index (κ3) is 4.31. The number of amides is 2. The van der Waals surface area contributed by atoms with Gasteiger partial charge in [-0.2, -0.15) is 0 Å². The molecule has 2 rings (SSSR count). The van der Waals surface area contributed by atoms with Gasteiger partial charge in [-0.05, 0) is 30.2 Å². The fraction of sp³-hybridized carbons (Fsp3) is 0.200. The molecule has 0 spiro atoms. The topological polar surface area (TPSA) is 58.2 Å². The first-order valence-corrected chi connectivity index (χ1v) is 7.71. The van der Waals surface area contributed by atoms with E-state index in [0.717, 1.165) is 17.7 Å². The second-order valence-corrected chi connectivity index (χ2v) is 6.06. The van der Waals surface area contributed by atoms with Crippen molar-refractivity contribution in [2.75, 3.05) is 11.9 Å². The van der Waals surface area contributed by atoms with Gasteiger partial charge in [0.15, 0.2) is 0 Å². The smallest absolute Gasteiger partial charge is 0.261 e. The van der Waals surface area contributed by atoms with Crippen LogP contribution in [0.15, 0.2) is 36.4 Å². The summed E-state index contributed by atoms with van der Waals surface area (Å²) < 4.78 is 0.543. The van der Waals surface area contributed by atoms with Crippen LogP contribution in [0, 0.1) is 0 Å². The molecule has 0 atom stereocenters. The standard InChI is InChI=1S/C15H15ClN2O2S/c1-2-10-5-3-4-6-11(10)18-14(19)9-17-15(20)12-7-8-13(16)21-12/h3-8H,2,9H2,1H3,(H,17,20)(H,18,19).